The van der Waals surface area contributed by atoms with Crippen LogP contribution in [0.15, 0.2) is 35.9 Å². The Labute approximate surface area is 105 Å². The van der Waals surface area contributed by atoms with E-state index in [1.807, 2.05) is 0 Å². The fraction of sp³-hybridized carbons (Fsp3) is 0.231. The van der Waals surface area contributed by atoms with E-state index in [4.69, 9.17) is 9.84 Å². The smallest absolute Gasteiger partial charge is 0.331 e. The number of anilines is 1. The summed E-state index contributed by atoms with van der Waals surface area (Å²) in [6, 6.07) is 6.83. The number of carboxylic acids is 1. The van der Waals surface area contributed by atoms with Crippen molar-refractivity contribution >= 4 is 17.6 Å². The first kappa shape index (κ1) is 13.8. The topological polar surface area (TPSA) is 75.6 Å². The minimum atomic E-state index is -0.959. The van der Waals surface area contributed by atoms with Crippen LogP contribution >= 0.6 is 0 Å². The summed E-state index contributed by atoms with van der Waals surface area (Å²) in [5, 5.41) is 11.3. The summed E-state index contributed by atoms with van der Waals surface area (Å²) in [7, 11) is 0. The van der Waals surface area contributed by atoms with Crippen molar-refractivity contribution in [1.29, 1.82) is 0 Å². The second-order valence-electron chi connectivity index (χ2n) is 3.71. The van der Waals surface area contributed by atoms with Crippen LogP contribution < -0.4 is 10.1 Å². The number of hydrogen-bond donors (Lipinski definition) is 2. The van der Waals surface area contributed by atoms with Crippen LogP contribution in [0.4, 0.5) is 5.69 Å². The van der Waals surface area contributed by atoms with Crippen LogP contribution in [0.1, 0.15) is 13.8 Å². The lowest BCUT2D eigenvalue weighted by Gasteiger charge is -2.05. The molecule has 0 fully saturated rings. The molecule has 0 aliphatic carbocycles. The maximum absolute atomic E-state index is 10.8. The van der Waals surface area contributed by atoms with Crippen LogP contribution in [0, 0.1) is 0 Å². The number of rotatable bonds is 5. The fourth-order valence-electron chi connectivity index (χ4n) is 1.19. The monoisotopic (exact) mass is 249 g/mol. The first-order chi connectivity index (χ1) is 8.49. The molecule has 0 atom stereocenters. The molecule has 0 saturated heterocycles. The second-order valence-corrected chi connectivity index (χ2v) is 3.71. The summed E-state index contributed by atoms with van der Waals surface area (Å²) >= 11 is 0. The average Bonchev–Trinajstić information content (AvgIpc) is 2.30. The Hall–Kier alpha value is -2.30. The van der Waals surface area contributed by atoms with E-state index in [1.165, 1.54) is 19.9 Å². The zero-order chi connectivity index (χ0) is 13.5. The van der Waals surface area contributed by atoms with Crippen molar-refractivity contribution in [3.8, 4) is 5.75 Å². The largest absolute Gasteiger partial charge is 0.490 e. The van der Waals surface area contributed by atoms with Gasteiger partial charge >= 0.3 is 5.97 Å². The van der Waals surface area contributed by atoms with Gasteiger partial charge in [0.25, 0.3) is 0 Å². The highest BCUT2D eigenvalue weighted by molar-refractivity contribution is 5.88. The Balaban J connectivity index is 2.51. The first-order valence-corrected chi connectivity index (χ1v) is 5.39. The normalized spacial score (nSPS) is 10.9. The molecule has 2 N–H and O–H groups in total. The first-order valence-electron chi connectivity index (χ1n) is 5.39. The molecule has 0 heterocycles. The molecule has 0 aliphatic heterocycles. The number of hydrogen-bond acceptors (Lipinski definition) is 3. The van der Waals surface area contributed by atoms with Crippen LogP contribution in [0.3, 0.4) is 0 Å². The maximum Gasteiger partial charge on any atom is 0.331 e. The van der Waals surface area contributed by atoms with Crippen molar-refractivity contribution in [2.45, 2.75) is 13.8 Å². The van der Waals surface area contributed by atoms with Crippen LogP contribution in [-0.2, 0) is 9.59 Å². The molecule has 0 aliphatic rings. The Kier molecular flexibility index (Phi) is 4.92. The molecule has 5 nitrogen and oxygen atoms in total. The van der Waals surface area contributed by atoms with Gasteiger partial charge in [-0.3, -0.25) is 4.79 Å². The van der Waals surface area contributed by atoms with Crippen molar-refractivity contribution in [1.82, 2.24) is 0 Å². The molecule has 1 rings (SSSR count). The zero-order valence-electron chi connectivity index (χ0n) is 10.3. The van der Waals surface area contributed by atoms with E-state index >= 15 is 0 Å². The number of aliphatic carboxylic acids is 1. The van der Waals surface area contributed by atoms with Gasteiger partial charge in [-0.1, -0.05) is 0 Å². The minimum absolute atomic E-state index is 0.135. The van der Waals surface area contributed by atoms with Crippen LogP contribution in [0.25, 0.3) is 0 Å². The van der Waals surface area contributed by atoms with E-state index in [0.717, 1.165) is 0 Å². The maximum atomic E-state index is 10.8. The van der Waals surface area contributed by atoms with Gasteiger partial charge < -0.3 is 15.2 Å². The number of amides is 1. The van der Waals surface area contributed by atoms with Gasteiger partial charge in [0.1, 0.15) is 12.4 Å². The van der Waals surface area contributed by atoms with Crippen molar-refractivity contribution in [2.75, 3.05) is 11.9 Å². The molecule has 96 valence electrons. The van der Waals surface area contributed by atoms with Gasteiger partial charge in [-0.05, 0) is 37.3 Å². The van der Waals surface area contributed by atoms with Gasteiger partial charge in [-0.2, -0.15) is 0 Å². The van der Waals surface area contributed by atoms with Crippen molar-refractivity contribution in [2.24, 2.45) is 0 Å². The SMILES string of the molecule is CC(=O)Nc1ccc(OCC=C(C)C(=O)O)cc1. The number of carbonyl (C=O) groups excluding carboxylic acids is 1. The minimum Gasteiger partial charge on any atom is -0.490 e. The van der Waals surface area contributed by atoms with Crippen LogP contribution in [0.5, 0.6) is 5.75 Å². The Morgan fingerprint density at radius 2 is 1.89 bits per heavy atom. The van der Waals surface area contributed by atoms with E-state index in [0.29, 0.717) is 11.4 Å². The quantitative estimate of drug-likeness (QED) is 0.783. The Bertz CT molecular complexity index is 462. The van der Waals surface area contributed by atoms with Crippen LogP contribution in [0.2, 0.25) is 0 Å². The molecule has 0 radical (unpaired) electrons. The predicted molar refractivity (Wildman–Crippen MR) is 67.6 cm³/mol. The molecule has 1 aromatic rings. The van der Waals surface area contributed by atoms with Crippen LogP contribution in [-0.4, -0.2) is 23.6 Å². The summed E-state index contributed by atoms with van der Waals surface area (Å²) < 4.78 is 5.33. The average molecular weight is 249 g/mol. The lowest BCUT2D eigenvalue weighted by Crippen LogP contribution is -2.05. The molecular formula is C13H15NO4. The van der Waals surface area contributed by atoms with Gasteiger partial charge in [-0.15, -0.1) is 0 Å². The summed E-state index contributed by atoms with van der Waals surface area (Å²) in [6.07, 6.45) is 1.49. The molecule has 0 saturated carbocycles. The third-order valence-corrected chi connectivity index (χ3v) is 2.15. The molecular weight excluding hydrogens is 234 g/mol. The summed E-state index contributed by atoms with van der Waals surface area (Å²) in [5.41, 5.74) is 0.928. The number of carboxylic acid groups (broad SMARTS) is 1. The standard InChI is InChI=1S/C13H15NO4/c1-9(13(16)17)7-8-18-12-5-3-11(4-6-12)14-10(2)15/h3-7H,8H2,1-2H3,(H,14,15)(H,16,17). The Morgan fingerprint density at radius 3 is 2.39 bits per heavy atom. The van der Waals surface area contributed by atoms with Crippen molar-refractivity contribution in [3.63, 3.8) is 0 Å². The van der Waals surface area contributed by atoms with Gasteiger partial charge in [0, 0.05) is 18.2 Å². The van der Waals surface area contributed by atoms with E-state index in [1.54, 1.807) is 24.3 Å². The molecule has 0 aromatic heterocycles. The van der Waals surface area contributed by atoms with Gasteiger partial charge in [0.05, 0.1) is 0 Å². The summed E-state index contributed by atoms with van der Waals surface area (Å²) in [6.45, 7) is 3.13. The number of benzene rings is 1. The highest BCUT2D eigenvalue weighted by Gasteiger charge is 1.99. The molecule has 0 unspecified atom stereocenters. The second kappa shape index (κ2) is 6.44. The Morgan fingerprint density at radius 1 is 1.28 bits per heavy atom. The lowest BCUT2D eigenvalue weighted by molar-refractivity contribution is -0.132. The van der Waals surface area contributed by atoms with Gasteiger partial charge in [0.15, 0.2) is 0 Å². The van der Waals surface area contributed by atoms with E-state index in [-0.39, 0.29) is 18.1 Å². The van der Waals surface area contributed by atoms with E-state index in [9.17, 15) is 9.59 Å². The van der Waals surface area contributed by atoms with E-state index < -0.39 is 5.97 Å². The third-order valence-electron chi connectivity index (χ3n) is 2.15. The number of carbonyl (C=O) groups is 2. The van der Waals surface area contributed by atoms with Gasteiger partial charge in [-0.25, -0.2) is 4.79 Å². The molecule has 5 heteroatoms. The lowest BCUT2D eigenvalue weighted by atomic mass is 10.3. The molecule has 1 amide bonds. The summed E-state index contributed by atoms with van der Waals surface area (Å²) in [4.78, 5) is 21.3. The van der Waals surface area contributed by atoms with Crippen molar-refractivity contribution < 1.29 is 19.4 Å². The van der Waals surface area contributed by atoms with Crippen molar-refractivity contribution in [3.05, 3.63) is 35.9 Å². The predicted octanol–water partition coefficient (Wildman–Crippen LogP) is 2.05. The molecule has 0 bridgehead atoms. The van der Waals surface area contributed by atoms with Gasteiger partial charge in [0.2, 0.25) is 5.91 Å². The third kappa shape index (κ3) is 4.69. The van der Waals surface area contributed by atoms with E-state index in [2.05, 4.69) is 5.32 Å². The highest BCUT2D eigenvalue weighted by atomic mass is 16.5. The number of nitrogens with one attached hydrogen (secondary N) is 1. The molecule has 0 spiro atoms. The fourth-order valence-corrected chi connectivity index (χ4v) is 1.19. The summed E-state index contributed by atoms with van der Waals surface area (Å²) in [5.74, 6) is -0.484. The molecule has 18 heavy (non-hydrogen) atoms. The zero-order valence-corrected chi connectivity index (χ0v) is 10.3. The highest BCUT2D eigenvalue weighted by Crippen LogP contribution is 2.15. The number of ether oxygens (including phenoxy) is 1. The molecule has 1 aromatic carbocycles.